The molecule has 0 heterocycles. The fourth-order valence-corrected chi connectivity index (χ4v) is 1.94. The van der Waals surface area contributed by atoms with E-state index in [-0.39, 0.29) is 5.56 Å². The van der Waals surface area contributed by atoms with Gasteiger partial charge in [-0.2, -0.15) is 13.2 Å². The van der Waals surface area contributed by atoms with Crippen molar-refractivity contribution >= 4 is 10.8 Å². The van der Waals surface area contributed by atoms with Gasteiger partial charge in [0.05, 0.1) is 0 Å². The van der Waals surface area contributed by atoms with Crippen molar-refractivity contribution in [2.75, 3.05) is 0 Å². The molecule has 0 aliphatic rings. The molecule has 17 heavy (non-hydrogen) atoms. The minimum atomic E-state index is -4.42. The summed E-state index contributed by atoms with van der Waals surface area (Å²) in [5, 5.41) is 1.38. The van der Waals surface area contributed by atoms with E-state index in [1.165, 1.54) is 6.07 Å². The highest BCUT2D eigenvalue weighted by atomic mass is 19.4. The standard InChI is InChI=1S/C13H12F3N/c1-8-4-2-6-10-9(8)5-3-7-11(10)12(17)13(14,15)16/h2-7,12H,17H2,1H3/t12-/m0/s1. The van der Waals surface area contributed by atoms with Crippen LogP contribution in [0.3, 0.4) is 0 Å². The zero-order valence-electron chi connectivity index (χ0n) is 9.25. The van der Waals surface area contributed by atoms with Crippen molar-refractivity contribution in [2.45, 2.75) is 19.1 Å². The summed E-state index contributed by atoms with van der Waals surface area (Å²) in [6.45, 7) is 1.87. The van der Waals surface area contributed by atoms with Gasteiger partial charge in [0.2, 0.25) is 0 Å². The van der Waals surface area contributed by atoms with Gasteiger partial charge in [-0.25, -0.2) is 0 Å². The Balaban J connectivity index is 2.67. The Bertz CT molecular complexity index is 546. The molecule has 0 aromatic heterocycles. The maximum absolute atomic E-state index is 12.6. The first-order valence-electron chi connectivity index (χ1n) is 5.22. The van der Waals surface area contributed by atoms with Crippen LogP contribution in [0.15, 0.2) is 36.4 Å². The molecule has 2 aromatic rings. The summed E-state index contributed by atoms with van der Waals surface area (Å²) in [5.41, 5.74) is 6.33. The summed E-state index contributed by atoms with van der Waals surface area (Å²) in [7, 11) is 0. The quantitative estimate of drug-likeness (QED) is 0.806. The number of hydrogen-bond acceptors (Lipinski definition) is 1. The Hall–Kier alpha value is -1.55. The molecule has 2 N–H and O–H groups in total. The van der Waals surface area contributed by atoms with E-state index >= 15 is 0 Å². The van der Waals surface area contributed by atoms with Gasteiger partial charge in [0.15, 0.2) is 0 Å². The number of benzene rings is 2. The third kappa shape index (κ3) is 2.13. The third-order valence-electron chi connectivity index (χ3n) is 2.86. The monoisotopic (exact) mass is 239 g/mol. The highest BCUT2D eigenvalue weighted by Gasteiger charge is 2.38. The molecule has 0 saturated heterocycles. The molecule has 2 aromatic carbocycles. The molecule has 0 aliphatic heterocycles. The second kappa shape index (κ2) is 4.04. The molecule has 0 aliphatic carbocycles. The number of alkyl halides is 3. The van der Waals surface area contributed by atoms with Crippen LogP contribution in [-0.4, -0.2) is 6.18 Å². The van der Waals surface area contributed by atoms with Crippen LogP contribution in [0.2, 0.25) is 0 Å². The highest BCUT2D eigenvalue weighted by molar-refractivity contribution is 5.88. The van der Waals surface area contributed by atoms with Gasteiger partial charge in [-0.15, -0.1) is 0 Å². The molecule has 1 atom stereocenters. The molecule has 1 nitrogen and oxygen atoms in total. The maximum atomic E-state index is 12.6. The van der Waals surface area contributed by atoms with E-state index in [2.05, 4.69) is 0 Å². The number of halogens is 3. The zero-order valence-corrected chi connectivity index (χ0v) is 9.25. The van der Waals surface area contributed by atoms with Crippen molar-refractivity contribution in [2.24, 2.45) is 5.73 Å². The predicted molar refractivity (Wildman–Crippen MR) is 61.7 cm³/mol. The fourth-order valence-electron chi connectivity index (χ4n) is 1.94. The first-order valence-corrected chi connectivity index (χ1v) is 5.22. The van der Waals surface area contributed by atoms with E-state index in [0.717, 1.165) is 10.9 Å². The first-order chi connectivity index (χ1) is 7.91. The van der Waals surface area contributed by atoms with Gasteiger partial charge in [0, 0.05) is 0 Å². The van der Waals surface area contributed by atoms with Crippen molar-refractivity contribution in [1.82, 2.24) is 0 Å². The van der Waals surface area contributed by atoms with E-state index in [1.54, 1.807) is 24.3 Å². The van der Waals surface area contributed by atoms with Gasteiger partial charge in [0.1, 0.15) is 6.04 Å². The zero-order chi connectivity index (χ0) is 12.6. The van der Waals surface area contributed by atoms with Gasteiger partial charge in [-0.1, -0.05) is 36.4 Å². The molecule has 0 amide bonds. The second-order valence-corrected chi connectivity index (χ2v) is 4.04. The summed E-state index contributed by atoms with van der Waals surface area (Å²) in [6.07, 6.45) is -4.42. The van der Waals surface area contributed by atoms with E-state index in [4.69, 9.17) is 5.73 Å². The lowest BCUT2D eigenvalue weighted by Crippen LogP contribution is -2.28. The lowest BCUT2D eigenvalue weighted by atomic mass is 9.96. The number of aryl methyl sites for hydroxylation is 1. The summed E-state index contributed by atoms with van der Waals surface area (Å²) in [4.78, 5) is 0. The average Bonchev–Trinajstić information content (AvgIpc) is 2.27. The molecule has 2 rings (SSSR count). The number of fused-ring (bicyclic) bond motifs is 1. The average molecular weight is 239 g/mol. The first kappa shape index (κ1) is 11.9. The molecular formula is C13H12F3N. The van der Waals surface area contributed by atoms with Crippen LogP contribution < -0.4 is 5.73 Å². The molecule has 0 bridgehead atoms. The van der Waals surface area contributed by atoms with Crippen LogP contribution in [0.4, 0.5) is 13.2 Å². The Morgan fingerprint density at radius 1 is 1.00 bits per heavy atom. The summed E-state index contributed by atoms with van der Waals surface area (Å²) >= 11 is 0. The minimum absolute atomic E-state index is 0.124. The van der Waals surface area contributed by atoms with Crippen LogP contribution in [-0.2, 0) is 0 Å². The van der Waals surface area contributed by atoms with Gasteiger partial charge in [-0.3, -0.25) is 0 Å². The third-order valence-corrected chi connectivity index (χ3v) is 2.86. The Labute approximate surface area is 97.0 Å². The molecule has 0 saturated carbocycles. The molecule has 90 valence electrons. The van der Waals surface area contributed by atoms with E-state index in [0.29, 0.717) is 5.39 Å². The van der Waals surface area contributed by atoms with Gasteiger partial charge < -0.3 is 5.73 Å². The van der Waals surface area contributed by atoms with Gasteiger partial charge in [0.25, 0.3) is 0 Å². The lowest BCUT2D eigenvalue weighted by Gasteiger charge is -2.18. The van der Waals surface area contributed by atoms with Crippen molar-refractivity contribution in [3.63, 3.8) is 0 Å². The Morgan fingerprint density at radius 2 is 1.59 bits per heavy atom. The number of nitrogens with two attached hydrogens (primary N) is 1. The van der Waals surface area contributed by atoms with Crippen molar-refractivity contribution in [3.05, 3.63) is 47.5 Å². The predicted octanol–water partition coefficient (Wildman–Crippen LogP) is 3.71. The summed E-state index contributed by atoms with van der Waals surface area (Å²) in [6, 6.07) is 8.18. The van der Waals surface area contributed by atoms with Gasteiger partial charge in [-0.05, 0) is 28.8 Å². The van der Waals surface area contributed by atoms with Crippen LogP contribution in [0.25, 0.3) is 10.8 Å². The largest absolute Gasteiger partial charge is 0.407 e. The fraction of sp³-hybridized carbons (Fsp3) is 0.231. The Morgan fingerprint density at radius 3 is 2.24 bits per heavy atom. The smallest absolute Gasteiger partial charge is 0.316 e. The van der Waals surface area contributed by atoms with Crippen LogP contribution in [0, 0.1) is 6.92 Å². The van der Waals surface area contributed by atoms with Crippen LogP contribution >= 0.6 is 0 Å². The van der Waals surface area contributed by atoms with Crippen molar-refractivity contribution < 1.29 is 13.2 Å². The van der Waals surface area contributed by atoms with Crippen molar-refractivity contribution in [1.29, 1.82) is 0 Å². The van der Waals surface area contributed by atoms with Crippen molar-refractivity contribution in [3.8, 4) is 0 Å². The molecule has 0 spiro atoms. The maximum Gasteiger partial charge on any atom is 0.407 e. The highest BCUT2D eigenvalue weighted by Crippen LogP contribution is 2.34. The van der Waals surface area contributed by atoms with E-state index in [1.807, 2.05) is 13.0 Å². The molecule has 0 unspecified atom stereocenters. The second-order valence-electron chi connectivity index (χ2n) is 4.04. The molecule has 0 radical (unpaired) electrons. The summed E-state index contributed by atoms with van der Waals surface area (Å²) in [5.74, 6) is 0. The molecular weight excluding hydrogens is 227 g/mol. The van der Waals surface area contributed by atoms with E-state index < -0.39 is 12.2 Å². The Kier molecular flexibility index (Phi) is 2.83. The molecule has 4 heteroatoms. The lowest BCUT2D eigenvalue weighted by molar-refractivity contribution is -0.148. The number of rotatable bonds is 1. The number of hydrogen-bond donors (Lipinski definition) is 1. The van der Waals surface area contributed by atoms with Crippen LogP contribution in [0.5, 0.6) is 0 Å². The molecule has 0 fully saturated rings. The normalized spacial score (nSPS) is 13.9. The van der Waals surface area contributed by atoms with Gasteiger partial charge >= 0.3 is 6.18 Å². The topological polar surface area (TPSA) is 26.0 Å². The SMILES string of the molecule is Cc1cccc2c([C@H](N)C(F)(F)F)cccc12. The van der Waals surface area contributed by atoms with E-state index in [9.17, 15) is 13.2 Å². The van der Waals surface area contributed by atoms with Crippen LogP contribution in [0.1, 0.15) is 17.2 Å². The minimum Gasteiger partial charge on any atom is -0.316 e. The summed E-state index contributed by atoms with van der Waals surface area (Å²) < 4.78 is 37.9.